The second-order valence-electron chi connectivity index (χ2n) is 12.7. The van der Waals surface area contributed by atoms with Gasteiger partial charge in [0.25, 0.3) is 0 Å². The van der Waals surface area contributed by atoms with Crippen molar-refractivity contribution < 1.29 is 24.8 Å². The van der Waals surface area contributed by atoms with Crippen LogP contribution in [-0.4, -0.2) is 52.1 Å². The molecular weight excluding hydrogens is 416 g/mol. The summed E-state index contributed by atoms with van der Waals surface area (Å²) in [6.45, 7) is 10.0. The van der Waals surface area contributed by atoms with Crippen LogP contribution >= 0.6 is 0 Å². The molecule has 0 radical (unpaired) electrons. The van der Waals surface area contributed by atoms with Gasteiger partial charge in [-0.15, -0.1) is 0 Å². The van der Waals surface area contributed by atoms with Crippen molar-refractivity contribution in [3.63, 3.8) is 0 Å². The lowest BCUT2D eigenvalue weighted by molar-refractivity contribution is -0.264. The Morgan fingerprint density at radius 2 is 1.73 bits per heavy atom. The van der Waals surface area contributed by atoms with Crippen LogP contribution in [0.25, 0.3) is 0 Å². The monoisotopic (exact) mass is 462 g/mol. The van der Waals surface area contributed by atoms with Crippen LogP contribution in [0.1, 0.15) is 85.5 Å². The molecule has 3 N–H and O–H groups in total. The number of aliphatic hydroxyl groups is 3. The minimum atomic E-state index is -1.18. The first-order valence-corrected chi connectivity index (χ1v) is 13.7. The first-order chi connectivity index (χ1) is 15.6. The average Bonchev–Trinajstić information content (AvgIpc) is 3.36. The zero-order valence-corrected chi connectivity index (χ0v) is 21.1. The first-order valence-electron chi connectivity index (χ1n) is 13.7. The van der Waals surface area contributed by atoms with E-state index in [-0.39, 0.29) is 23.4 Å². The average molecular weight is 463 g/mol. The van der Waals surface area contributed by atoms with Gasteiger partial charge in [0.2, 0.25) is 0 Å². The molecule has 1 aliphatic heterocycles. The highest BCUT2D eigenvalue weighted by Gasteiger charge is 2.66. The molecule has 0 bridgehead atoms. The van der Waals surface area contributed by atoms with E-state index in [4.69, 9.17) is 9.47 Å². The van der Waals surface area contributed by atoms with Crippen molar-refractivity contribution in [3.05, 3.63) is 11.6 Å². The molecular formula is C28H46O5. The van der Waals surface area contributed by atoms with E-state index in [1.165, 1.54) is 5.57 Å². The lowest BCUT2D eigenvalue weighted by atomic mass is 9.49. The van der Waals surface area contributed by atoms with Crippen LogP contribution < -0.4 is 0 Å². The quantitative estimate of drug-likeness (QED) is 0.527. The molecule has 3 saturated carbocycles. The molecule has 1 saturated heterocycles. The normalized spacial score (nSPS) is 47.6. The van der Waals surface area contributed by atoms with Crippen molar-refractivity contribution in [2.24, 2.45) is 40.9 Å². The number of allylic oxidation sites excluding steroid dienone is 1. The van der Waals surface area contributed by atoms with Gasteiger partial charge in [0.1, 0.15) is 5.60 Å². The van der Waals surface area contributed by atoms with Gasteiger partial charge >= 0.3 is 0 Å². The summed E-state index contributed by atoms with van der Waals surface area (Å²) in [6, 6.07) is 0. The van der Waals surface area contributed by atoms with Gasteiger partial charge in [-0.05, 0) is 86.4 Å². The van der Waals surface area contributed by atoms with Crippen LogP contribution in [0, 0.1) is 40.9 Å². The van der Waals surface area contributed by atoms with Gasteiger partial charge in [-0.2, -0.15) is 0 Å². The molecule has 0 spiro atoms. The molecule has 188 valence electrons. The summed E-state index contributed by atoms with van der Waals surface area (Å²) < 4.78 is 12.5. The number of hydrogen-bond acceptors (Lipinski definition) is 5. The molecule has 4 aliphatic carbocycles. The van der Waals surface area contributed by atoms with Crippen molar-refractivity contribution >= 4 is 0 Å². The summed E-state index contributed by atoms with van der Waals surface area (Å²) in [5, 5.41) is 33.9. The molecule has 4 unspecified atom stereocenters. The van der Waals surface area contributed by atoms with Crippen LogP contribution in [0.4, 0.5) is 0 Å². The van der Waals surface area contributed by atoms with Crippen LogP contribution in [0.15, 0.2) is 11.6 Å². The van der Waals surface area contributed by atoms with E-state index >= 15 is 0 Å². The molecule has 5 rings (SSSR count). The van der Waals surface area contributed by atoms with Crippen LogP contribution in [0.2, 0.25) is 0 Å². The van der Waals surface area contributed by atoms with Gasteiger partial charge in [-0.25, -0.2) is 0 Å². The van der Waals surface area contributed by atoms with E-state index in [1.54, 1.807) is 0 Å². The van der Waals surface area contributed by atoms with E-state index in [2.05, 4.69) is 33.8 Å². The highest BCUT2D eigenvalue weighted by molar-refractivity contribution is 5.26. The van der Waals surface area contributed by atoms with Crippen molar-refractivity contribution in [1.29, 1.82) is 0 Å². The highest BCUT2D eigenvalue weighted by atomic mass is 16.7. The third-order valence-corrected chi connectivity index (χ3v) is 10.8. The fourth-order valence-electron chi connectivity index (χ4n) is 8.89. The number of hydrogen-bond donors (Lipinski definition) is 3. The van der Waals surface area contributed by atoms with Gasteiger partial charge in [0, 0.05) is 12.3 Å². The summed E-state index contributed by atoms with van der Waals surface area (Å²) in [4.78, 5) is 0. The zero-order valence-electron chi connectivity index (χ0n) is 21.1. The maximum absolute atomic E-state index is 12.3. The lowest BCUT2D eigenvalue weighted by Crippen LogP contribution is -2.59. The molecule has 5 heteroatoms. The predicted octanol–water partition coefficient (Wildman–Crippen LogP) is 4.44. The fraction of sp³-hybridized carbons (Fsp3) is 0.929. The van der Waals surface area contributed by atoms with Gasteiger partial charge in [-0.1, -0.05) is 39.3 Å². The van der Waals surface area contributed by atoms with E-state index in [9.17, 15) is 15.3 Å². The van der Waals surface area contributed by atoms with E-state index < -0.39 is 17.5 Å². The SMILES string of the molecule is CC(C)CCC1([C@@H](C)[C@@]2(O)C3CCC4C(CC=C5C[C@@H](O)CC[C@@]54C)C3C[C@@H]2O)OCCO1. The minimum absolute atomic E-state index is 0.0835. The van der Waals surface area contributed by atoms with Crippen molar-refractivity contribution in [2.75, 3.05) is 13.2 Å². The Kier molecular flexibility index (Phi) is 6.31. The van der Waals surface area contributed by atoms with Crippen LogP contribution in [0.5, 0.6) is 0 Å². The largest absolute Gasteiger partial charge is 0.393 e. The summed E-state index contributed by atoms with van der Waals surface area (Å²) in [5.41, 5.74) is 0.453. The van der Waals surface area contributed by atoms with Crippen molar-refractivity contribution in [2.45, 2.75) is 109 Å². The van der Waals surface area contributed by atoms with Gasteiger partial charge in [0.15, 0.2) is 5.79 Å². The summed E-state index contributed by atoms with van der Waals surface area (Å²) >= 11 is 0. The minimum Gasteiger partial charge on any atom is -0.393 e. The van der Waals surface area contributed by atoms with Gasteiger partial charge < -0.3 is 24.8 Å². The van der Waals surface area contributed by atoms with Crippen molar-refractivity contribution in [3.8, 4) is 0 Å². The Balaban J connectivity index is 1.42. The lowest BCUT2D eigenvalue weighted by Gasteiger charge is -2.56. The van der Waals surface area contributed by atoms with Gasteiger partial charge in [-0.3, -0.25) is 0 Å². The molecule has 33 heavy (non-hydrogen) atoms. The van der Waals surface area contributed by atoms with Crippen LogP contribution in [0.3, 0.4) is 0 Å². The highest BCUT2D eigenvalue weighted by Crippen LogP contribution is 2.64. The third-order valence-electron chi connectivity index (χ3n) is 10.8. The Bertz CT molecular complexity index is 757. The third kappa shape index (κ3) is 3.67. The number of fused-ring (bicyclic) bond motifs is 5. The van der Waals surface area contributed by atoms with E-state index in [0.29, 0.717) is 43.3 Å². The molecule has 0 aromatic rings. The Labute approximate surface area is 199 Å². The molecule has 0 aromatic heterocycles. The molecule has 1 heterocycles. The first kappa shape index (κ1) is 24.2. The number of aliphatic hydroxyl groups excluding tert-OH is 2. The summed E-state index contributed by atoms with van der Waals surface area (Å²) in [5.74, 6) is 0.966. The summed E-state index contributed by atoms with van der Waals surface area (Å²) in [7, 11) is 0. The van der Waals surface area contributed by atoms with E-state index in [0.717, 1.165) is 51.4 Å². The second-order valence-corrected chi connectivity index (χ2v) is 12.7. The second kappa shape index (κ2) is 8.58. The molecule has 0 aromatic carbocycles. The number of rotatable bonds is 5. The zero-order chi connectivity index (χ0) is 23.6. The molecule has 5 nitrogen and oxygen atoms in total. The van der Waals surface area contributed by atoms with Gasteiger partial charge in [0.05, 0.1) is 25.4 Å². The van der Waals surface area contributed by atoms with E-state index in [1.807, 2.05) is 0 Å². The topological polar surface area (TPSA) is 79.2 Å². The summed E-state index contributed by atoms with van der Waals surface area (Å²) in [6.07, 6.45) is 9.74. The van der Waals surface area contributed by atoms with Crippen molar-refractivity contribution in [1.82, 2.24) is 0 Å². The Morgan fingerprint density at radius 3 is 2.42 bits per heavy atom. The maximum atomic E-state index is 12.3. The van der Waals surface area contributed by atoms with Crippen LogP contribution in [-0.2, 0) is 9.47 Å². The molecule has 9 atom stereocenters. The predicted molar refractivity (Wildman–Crippen MR) is 127 cm³/mol. The number of ether oxygens (including phenoxy) is 2. The smallest absolute Gasteiger partial charge is 0.173 e. The molecule has 0 amide bonds. The fourth-order valence-corrected chi connectivity index (χ4v) is 8.89. The maximum Gasteiger partial charge on any atom is 0.173 e. The standard InChI is InChI=1S/C28H46O5/c1-17(2)9-12-27(32-13-14-33-27)18(3)28(31)24-8-7-23-21(22(24)16-25(28)30)6-5-19-15-20(29)10-11-26(19,23)4/h5,17-18,20-25,29-31H,6-16H2,1-4H3/t18-,20+,21?,22?,23?,24?,25+,26+,28-/m1/s1. The Morgan fingerprint density at radius 1 is 1.03 bits per heavy atom. The Hall–Kier alpha value is -0.460. The molecule has 5 aliphatic rings. The molecule has 4 fully saturated rings.